The number of hydrogen-bond donors (Lipinski definition) is 2. The van der Waals surface area contributed by atoms with Crippen molar-refractivity contribution in [2.24, 2.45) is 0 Å². The Kier molecular flexibility index (Phi) is 3.88. The second kappa shape index (κ2) is 5.60. The maximum absolute atomic E-state index is 12.0. The summed E-state index contributed by atoms with van der Waals surface area (Å²) in [5.74, 6) is -0.184. The van der Waals surface area contributed by atoms with Gasteiger partial charge in [-0.15, -0.1) is 0 Å². The van der Waals surface area contributed by atoms with Crippen LogP contribution < -0.4 is 0 Å². The molecule has 0 bridgehead atoms. The Balaban J connectivity index is 1.94. The molecule has 2 rings (SSSR count). The number of hydrogen-bond acceptors (Lipinski definition) is 4. The molecule has 7 heteroatoms. The molecule has 0 aromatic carbocycles. The average molecular weight is 277 g/mol. The number of aromatic amines is 1. The van der Waals surface area contributed by atoms with Crippen LogP contribution >= 0.6 is 0 Å². The summed E-state index contributed by atoms with van der Waals surface area (Å²) in [7, 11) is 1.63. The molecular formula is C13H15N3O4. The third-order valence-corrected chi connectivity index (χ3v) is 2.79. The average Bonchev–Trinajstić information content (AvgIpc) is 2.98. The molecule has 0 aliphatic carbocycles. The van der Waals surface area contributed by atoms with Crippen molar-refractivity contribution in [1.82, 2.24) is 14.9 Å². The third kappa shape index (κ3) is 3.25. The number of rotatable bonds is 5. The van der Waals surface area contributed by atoms with Crippen LogP contribution in [0.3, 0.4) is 0 Å². The van der Waals surface area contributed by atoms with Crippen LogP contribution in [-0.2, 0) is 17.8 Å². The van der Waals surface area contributed by atoms with Crippen LogP contribution in [0.2, 0.25) is 0 Å². The summed E-state index contributed by atoms with van der Waals surface area (Å²) in [5, 5.41) is 8.75. The predicted octanol–water partition coefficient (Wildman–Crippen LogP) is 1.21. The molecule has 0 saturated carbocycles. The number of carboxylic acid groups (broad SMARTS) is 1. The Morgan fingerprint density at radius 3 is 2.75 bits per heavy atom. The molecule has 2 aromatic heterocycles. The summed E-state index contributed by atoms with van der Waals surface area (Å²) >= 11 is 0. The summed E-state index contributed by atoms with van der Waals surface area (Å²) in [6, 6.07) is 2.92. The first-order chi connectivity index (χ1) is 9.45. The van der Waals surface area contributed by atoms with E-state index in [0.717, 1.165) is 11.5 Å². The standard InChI is InChI=1S/C13H15N3O4/c1-8-14-6-9(15-8)5-12(17)16(2)7-10-3-4-11(20-10)13(18)19/h3-4,6H,5,7H2,1-2H3,(H,14,15)(H,18,19). The normalized spacial score (nSPS) is 10.5. The fourth-order valence-electron chi connectivity index (χ4n) is 1.76. The van der Waals surface area contributed by atoms with Crippen molar-refractivity contribution in [1.29, 1.82) is 0 Å². The number of aryl methyl sites for hydroxylation is 1. The first-order valence-electron chi connectivity index (χ1n) is 6.02. The number of H-pyrrole nitrogens is 1. The maximum atomic E-state index is 12.0. The molecule has 0 fully saturated rings. The van der Waals surface area contributed by atoms with Crippen LogP contribution in [-0.4, -0.2) is 38.9 Å². The van der Waals surface area contributed by atoms with Crippen molar-refractivity contribution in [3.05, 3.63) is 41.4 Å². The van der Waals surface area contributed by atoms with E-state index in [1.54, 1.807) is 19.3 Å². The number of imidazole rings is 1. The number of aromatic carboxylic acids is 1. The molecule has 0 unspecified atom stereocenters. The van der Waals surface area contributed by atoms with Gasteiger partial charge < -0.3 is 19.4 Å². The van der Waals surface area contributed by atoms with Crippen LogP contribution in [0.5, 0.6) is 0 Å². The van der Waals surface area contributed by atoms with Crippen molar-refractivity contribution in [3.8, 4) is 0 Å². The van der Waals surface area contributed by atoms with E-state index in [9.17, 15) is 9.59 Å². The zero-order chi connectivity index (χ0) is 14.7. The SMILES string of the molecule is Cc1ncc(CC(=O)N(C)Cc2ccc(C(=O)O)o2)[nH]1. The Hall–Kier alpha value is -2.57. The number of carbonyl (C=O) groups is 2. The molecule has 2 aromatic rings. The molecule has 1 amide bonds. The van der Waals surface area contributed by atoms with E-state index in [-0.39, 0.29) is 24.6 Å². The molecule has 20 heavy (non-hydrogen) atoms. The first kappa shape index (κ1) is 13.9. The molecule has 0 atom stereocenters. The number of nitrogens with zero attached hydrogens (tertiary/aromatic N) is 2. The molecule has 2 N–H and O–H groups in total. The summed E-state index contributed by atoms with van der Waals surface area (Å²) in [6.07, 6.45) is 1.83. The van der Waals surface area contributed by atoms with E-state index in [0.29, 0.717) is 5.76 Å². The van der Waals surface area contributed by atoms with Gasteiger partial charge >= 0.3 is 5.97 Å². The number of nitrogens with one attached hydrogen (secondary N) is 1. The van der Waals surface area contributed by atoms with Crippen molar-refractivity contribution in [2.45, 2.75) is 19.9 Å². The molecule has 0 radical (unpaired) electrons. The van der Waals surface area contributed by atoms with Crippen molar-refractivity contribution in [3.63, 3.8) is 0 Å². The Labute approximate surface area is 115 Å². The monoisotopic (exact) mass is 277 g/mol. The summed E-state index contributed by atoms with van der Waals surface area (Å²) in [5.41, 5.74) is 0.741. The maximum Gasteiger partial charge on any atom is 0.371 e. The number of aromatic nitrogens is 2. The Bertz CT molecular complexity index is 629. The minimum Gasteiger partial charge on any atom is -0.475 e. The van der Waals surface area contributed by atoms with Crippen molar-refractivity contribution < 1.29 is 19.1 Å². The van der Waals surface area contributed by atoms with Gasteiger partial charge in [-0.05, 0) is 19.1 Å². The van der Waals surface area contributed by atoms with E-state index >= 15 is 0 Å². The van der Waals surface area contributed by atoms with E-state index in [4.69, 9.17) is 9.52 Å². The van der Waals surface area contributed by atoms with Gasteiger partial charge in [0.2, 0.25) is 11.7 Å². The van der Waals surface area contributed by atoms with E-state index < -0.39 is 5.97 Å². The van der Waals surface area contributed by atoms with Gasteiger partial charge in [-0.25, -0.2) is 9.78 Å². The van der Waals surface area contributed by atoms with E-state index in [1.165, 1.54) is 11.0 Å². The smallest absolute Gasteiger partial charge is 0.371 e. The second-order valence-corrected chi connectivity index (χ2v) is 4.49. The summed E-state index contributed by atoms with van der Waals surface area (Å²) in [6.45, 7) is 2.03. The molecular weight excluding hydrogens is 262 g/mol. The fraction of sp³-hybridized carbons (Fsp3) is 0.308. The Morgan fingerprint density at radius 2 is 2.20 bits per heavy atom. The molecule has 106 valence electrons. The van der Waals surface area contributed by atoms with E-state index in [2.05, 4.69) is 9.97 Å². The largest absolute Gasteiger partial charge is 0.475 e. The lowest BCUT2D eigenvalue weighted by Gasteiger charge is -2.15. The number of furan rings is 1. The molecule has 2 heterocycles. The van der Waals surface area contributed by atoms with Crippen LogP contribution in [0.1, 0.15) is 27.8 Å². The quantitative estimate of drug-likeness (QED) is 0.855. The molecule has 0 saturated heterocycles. The van der Waals surface area contributed by atoms with E-state index in [1.807, 2.05) is 6.92 Å². The van der Waals surface area contributed by atoms with Crippen molar-refractivity contribution >= 4 is 11.9 Å². The van der Waals surface area contributed by atoms with Crippen LogP contribution in [0.4, 0.5) is 0 Å². The van der Waals surface area contributed by atoms with Gasteiger partial charge in [-0.2, -0.15) is 0 Å². The minimum atomic E-state index is -1.13. The second-order valence-electron chi connectivity index (χ2n) is 4.49. The molecule has 0 spiro atoms. The molecule has 0 aliphatic heterocycles. The first-order valence-corrected chi connectivity index (χ1v) is 6.02. The zero-order valence-corrected chi connectivity index (χ0v) is 11.2. The highest BCUT2D eigenvalue weighted by molar-refractivity contribution is 5.84. The predicted molar refractivity (Wildman–Crippen MR) is 69.2 cm³/mol. The van der Waals surface area contributed by atoms with Gasteiger partial charge in [0.05, 0.1) is 13.0 Å². The lowest BCUT2D eigenvalue weighted by molar-refractivity contribution is -0.129. The molecule has 7 nitrogen and oxygen atoms in total. The minimum absolute atomic E-state index is 0.109. The van der Waals surface area contributed by atoms with Gasteiger partial charge in [0.1, 0.15) is 11.6 Å². The Morgan fingerprint density at radius 1 is 1.45 bits per heavy atom. The van der Waals surface area contributed by atoms with Crippen LogP contribution in [0.15, 0.2) is 22.7 Å². The summed E-state index contributed by atoms with van der Waals surface area (Å²) < 4.78 is 5.11. The highest BCUT2D eigenvalue weighted by Crippen LogP contribution is 2.11. The number of carboxylic acids is 1. The van der Waals surface area contributed by atoms with Gasteiger partial charge in [-0.1, -0.05) is 0 Å². The lowest BCUT2D eigenvalue weighted by atomic mass is 10.3. The number of carbonyl (C=O) groups excluding carboxylic acids is 1. The third-order valence-electron chi connectivity index (χ3n) is 2.79. The highest BCUT2D eigenvalue weighted by atomic mass is 16.4. The lowest BCUT2D eigenvalue weighted by Crippen LogP contribution is -2.27. The topological polar surface area (TPSA) is 99.4 Å². The van der Waals surface area contributed by atoms with Gasteiger partial charge in [-0.3, -0.25) is 4.79 Å². The number of amides is 1. The number of likely N-dealkylation sites (N-methyl/N-ethyl adjacent to an activating group) is 1. The molecule has 0 aliphatic rings. The van der Waals surface area contributed by atoms with Gasteiger partial charge in [0.15, 0.2) is 0 Å². The summed E-state index contributed by atoms with van der Waals surface area (Å²) in [4.78, 5) is 31.2. The van der Waals surface area contributed by atoms with Gasteiger partial charge in [0, 0.05) is 18.9 Å². The van der Waals surface area contributed by atoms with Gasteiger partial charge in [0.25, 0.3) is 0 Å². The van der Waals surface area contributed by atoms with Crippen LogP contribution in [0.25, 0.3) is 0 Å². The zero-order valence-electron chi connectivity index (χ0n) is 11.2. The van der Waals surface area contributed by atoms with Crippen LogP contribution in [0, 0.1) is 6.92 Å². The highest BCUT2D eigenvalue weighted by Gasteiger charge is 2.15. The fourth-order valence-corrected chi connectivity index (χ4v) is 1.76. The van der Waals surface area contributed by atoms with Crippen molar-refractivity contribution in [2.75, 3.05) is 7.05 Å².